The molecule has 0 aliphatic carbocycles. The first-order valence-electron chi connectivity index (χ1n) is 6.27. The van der Waals surface area contributed by atoms with Crippen LogP contribution in [0.15, 0.2) is 61.4 Å². The van der Waals surface area contributed by atoms with Gasteiger partial charge < -0.3 is 4.74 Å². The summed E-state index contributed by atoms with van der Waals surface area (Å²) >= 11 is 0. The molecule has 18 heavy (non-hydrogen) atoms. The van der Waals surface area contributed by atoms with Crippen molar-refractivity contribution in [2.45, 2.75) is 34.6 Å². The van der Waals surface area contributed by atoms with Crippen molar-refractivity contribution in [1.82, 2.24) is 0 Å². The fourth-order valence-corrected chi connectivity index (χ4v) is 1.11. The molecule has 0 aliphatic rings. The van der Waals surface area contributed by atoms with E-state index in [2.05, 4.69) is 13.2 Å². The van der Waals surface area contributed by atoms with Crippen LogP contribution in [-0.2, 0) is 0 Å². The first-order chi connectivity index (χ1) is 8.74. The summed E-state index contributed by atoms with van der Waals surface area (Å²) in [6, 6.07) is 8.00. The predicted molar refractivity (Wildman–Crippen MR) is 83.0 cm³/mol. The minimum Gasteiger partial charge on any atom is -0.462 e. The van der Waals surface area contributed by atoms with Crippen molar-refractivity contribution in [3.8, 4) is 5.75 Å². The van der Waals surface area contributed by atoms with Gasteiger partial charge in [0.15, 0.2) is 0 Å². The Labute approximate surface area is 113 Å². The van der Waals surface area contributed by atoms with Gasteiger partial charge in [0, 0.05) is 0 Å². The number of ether oxygens (including phenoxy) is 1. The van der Waals surface area contributed by atoms with Gasteiger partial charge in [-0.05, 0) is 38.5 Å². The molecule has 1 aromatic carbocycles. The molecule has 0 spiro atoms. The average molecular weight is 246 g/mol. The second kappa shape index (κ2) is 13.3. The maximum Gasteiger partial charge on any atom is 0.129 e. The van der Waals surface area contributed by atoms with E-state index in [4.69, 9.17) is 4.74 Å². The lowest BCUT2D eigenvalue weighted by Crippen LogP contribution is -1.91. The molecule has 1 nitrogen and oxygen atoms in total. The zero-order valence-corrected chi connectivity index (χ0v) is 12.4. The van der Waals surface area contributed by atoms with Crippen molar-refractivity contribution >= 4 is 0 Å². The third-order valence-corrected chi connectivity index (χ3v) is 1.89. The van der Waals surface area contributed by atoms with E-state index in [1.54, 1.807) is 0 Å². The molecule has 1 heteroatoms. The highest BCUT2D eigenvalue weighted by atomic mass is 16.5. The Morgan fingerprint density at radius 1 is 1.17 bits per heavy atom. The van der Waals surface area contributed by atoms with Crippen molar-refractivity contribution in [3.63, 3.8) is 0 Å². The van der Waals surface area contributed by atoms with Crippen molar-refractivity contribution < 1.29 is 4.74 Å². The highest BCUT2D eigenvalue weighted by Gasteiger charge is 1.97. The number of para-hydroxylation sites is 1. The summed E-state index contributed by atoms with van der Waals surface area (Å²) in [5, 5.41) is 0. The molecule has 1 aromatic rings. The van der Waals surface area contributed by atoms with Gasteiger partial charge in [0.2, 0.25) is 0 Å². The van der Waals surface area contributed by atoms with Gasteiger partial charge in [0.25, 0.3) is 0 Å². The highest BCUT2D eigenvalue weighted by Crippen LogP contribution is 2.18. The standard InChI is InChI=1S/C13H16O.C2H6.C2H4/c1-4-5-9-12(3)14-13-10-7-6-8-11(13)2;2*1-2/h4-10H,1-3H3;1-2H3;1-2H2/b5-4-,12-9+;;. The molecular weight excluding hydrogens is 220 g/mol. The van der Waals surface area contributed by atoms with Gasteiger partial charge in [-0.3, -0.25) is 0 Å². The van der Waals surface area contributed by atoms with Crippen molar-refractivity contribution in [3.05, 3.63) is 67.0 Å². The van der Waals surface area contributed by atoms with Crippen LogP contribution in [0.4, 0.5) is 0 Å². The molecule has 0 aliphatic heterocycles. The zero-order valence-electron chi connectivity index (χ0n) is 12.4. The molecule has 0 amide bonds. The first kappa shape index (κ1) is 18.6. The summed E-state index contributed by atoms with van der Waals surface area (Å²) < 4.78 is 5.66. The summed E-state index contributed by atoms with van der Waals surface area (Å²) in [4.78, 5) is 0. The normalized spacial score (nSPS) is 9.94. The average Bonchev–Trinajstić information content (AvgIpc) is 2.43. The van der Waals surface area contributed by atoms with Crippen molar-refractivity contribution in [2.24, 2.45) is 0 Å². The Morgan fingerprint density at radius 2 is 1.72 bits per heavy atom. The summed E-state index contributed by atoms with van der Waals surface area (Å²) in [6.07, 6.45) is 5.89. The van der Waals surface area contributed by atoms with Crippen LogP contribution < -0.4 is 4.74 Å². The molecule has 0 bridgehead atoms. The largest absolute Gasteiger partial charge is 0.462 e. The van der Waals surface area contributed by atoms with Crippen LogP contribution in [0.2, 0.25) is 0 Å². The lowest BCUT2D eigenvalue weighted by molar-refractivity contribution is 0.425. The smallest absolute Gasteiger partial charge is 0.129 e. The van der Waals surface area contributed by atoms with Gasteiger partial charge in [0.1, 0.15) is 11.5 Å². The van der Waals surface area contributed by atoms with Crippen LogP contribution in [0.25, 0.3) is 0 Å². The van der Waals surface area contributed by atoms with Crippen molar-refractivity contribution in [1.29, 1.82) is 0 Å². The summed E-state index contributed by atoms with van der Waals surface area (Å²) in [7, 11) is 0. The van der Waals surface area contributed by atoms with E-state index in [-0.39, 0.29) is 0 Å². The topological polar surface area (TPSA) is 9.23 Å². The minimum atomic E-state index is 0.900. The third kappa shape index (κ3) is 8.40. The molecule has 0 heterocycles. The molecule has 0 atom stereocenters. The molecule has 1 rings (SSSR count). The number of allylic oxidation sites excluding steroid dienone is 4. The number of hydrogen-bond donors (Lipinski definition) is 0. The van der Waals surface area contributed by atoms with Crippen molar-refractivity contribution in [2.75, 3.05) is 0 Å². The minimum absolute atomic E-state index is 0.900. The van der Waals surface area contributed by atoms with Crippen LogP contribution in [0.3, 0.4) is 0 Å². The quantitative estimate of drug-likeness (QED) is 0.378. The molecule has 0 unspecified atom stereocenters. The summed E-state index contributed by atoms with van der Waals surface area (Å²) in [5.74, 6) is 1.82. The Hall–Kier alpha value is -1.76. The summed E-state index contributed by atoms with van der Waals surface area (Å²) in [6.45, 7) is 16.0. The molecular formula is C17H26O. The second-order valence-electron chi connectivity index (χ2n) is 3.17. The Bertz CT molecular complexity index is 362. The van der Waals surface area contributed by atoms with Gasteiger partial charge in [0.05, 0.1) is 0 Å². The van der Waals surface area contributed by atoms with Gasteiger partial charge in [-0.2, -0.15) is 0 Å². The zero-order chi connectivity index (χ0) is 14.4. The fourth-order valence-electron chi connectivity index (χ4n) is 1.11. The molecule has 0 aromatic heterocycles. The van der Waals surface area contributed by atoms with E-state index >= 15 is 0 Å². The Balaban J connectivity index is 0. The molecule has 0 N–H and O–H groups in total. The van der Waals surface area contributed by atoms with E-state index in [1.165, 1.54) is 0 Å². The van der Waals surface area contributed by atoms with Gasteiger partial charge >= 0.3 is 0 Å². The Kier molecular flexibility index (Phi) is 13.7. The van der Waals surface area contributed by atoms with Crippen LogP contribution in [0.1, 0.15) is 33.3 Å². The monoisotopic (exact) mass is 246 g/mol. The fraction of sp³-hybridized carbons (Fsp3) is 0.294. The van der Waals surface area contributed by atoms with Gasteiger partial charge in [-0.1, -0.05) is 44.2 Å². The molecule has 0 fully saturated rings. The first-order valence-corrected chi connectivity index (χ1v) is 6.27. The van der Waals surface area contributed by atoms with Gasteiger partial charge in [-0.25, -0.2) is 0 Å². The van der Waals surface area contributed by atoms with E-state index in [1.807, 2.05) is 77.1 Å². The van der Waals surface area contributed by atoms with E-state index in [0.717, 1.165) is 17.1 Å². The summed E-state index contributed by atoms with van der Waals surface area (Å²) in [5.41, 5.74) is 1.15. The molecule has 0 radical (unpaired) electrons. The number of aryl methyl sites for hydroxylation is 1. The van der Waals surface area contributed by atoms with E-state index in [0.29, 0.717) is 0 Å². The predicted octanol–water partition coefficient (Wildman–Crippen LogP) is 5.68. The molecule has 0 saturated heterocycles. The van der Waals surface area contributed by atoms with Crippen LogP contribution in [-0.4, -0.2) is 0 Å². The van der Waals surface area contributed by atoms with Crippen LogP contribution >= 0.6 is 0 Å². The molecule has 100 valence electrons. The third-order valence-electron chi connectivity index (χ3n) is 1.89. The van der Waals surface area contributed by atoms with Gasteiger partial charge in [-0.15, -0.1) is 13.2 Å². The maximum absolute atomic E-state index is 5.66. The Morgan fingerprint density at radius 3 is 2.22 bits per heavy atom. The number of hydrogen-bond acceptors (Lipinski definition) is 1. The SMILES string of the molecule is C/C=C\C=C(/C)Oc1ccccc1C.C=C.CC. The van der Waals surface area contributed by atoms with E-state index < -0.39 is 0 Å². The second-order valence-corrected chi connectivity index (χ2v) is 3.17. The lowest BCUT2D eigenvalue weighted by Gasteiger charge is -2.07. The molecule has 0 saturated carbocycles. The van der Waals surface area contributed by atoms with Crippen LogP contribution in [0, 0.1) is 6.92 Å². The number of rotatable bonds is 3. The number of benzene rings is 1. The highest BCUT2D eigenvalue weighted by molar-refractivity contribution is 5.33. The maximum atomic E-state index is 5.66. The van der Waals surface area contributed by atoms with Crippen LogP contribution in [0.5, 0.6) is 5.75 Å². The van der Waals surface area contributed by atoms with E-state index in [9.17, 15) is 0 Å². The lowest BCUT2D eigenvalue weighted by atomic mass is 10.2.